The minimum Gasteiger partial charge on any atom is -0.450 e. The molecule has 2 rings (SSSR count). The van der Waals surface area contributed by atoms with Gasteiger partial charge in [-0.15, -0.1) is 0 Å². The van der Waals surface area contributed by atoms with E-state index in [4.69, 9.17) is 4.74 Å². The highest BCUT2D eigenvalue weighted by molar-refractivity contribution is 9.09. The van der Waals surface area contributed by atoms with Gasteiger partial charge in [0.1, 0.15) is 5.25 Å². The SMILES string of the molecule is C=C(CBr)C(C(NC(=O)OCC)c1ccccc1)S(=O)(=O)c1ccccc1. The molecule has 0 spiro atoms. The second-order valence-corrected chi connectivity index (χ2v) is 8.45. The number of rotatable bonds is 8. The Morgan fingerprint density at radius 3 is 2.19 bits per heavy atom. The van der Waals surface area contributed by atoms with E-state index in [9.17, 15) is 13.2 Å². The Morgan fingerprint density at radius 1 is 1.11 bits per heavy atom. The number of nitrogens with one attached hydrogen (secondary N) is 1. The lowest BCUT2D eigenvalue weighted by Crippen LogP contribution is -2.42. The van der Waals surface area contributed by atoms with Gasteiger partial charge in [0, 0.05) is 5.33 Å². The van der Waals surface area contributed by atoms with Gasteiger partial charge in [-0.2, -0.15) is 0 Å². The lowest BCUT2D eigenvalue weighted by molar-refractivity contribution is 0.148. The molecule has 5 nitrogen and oxygen atoms in total. The zero-order valence-corrected chi connectivity index (χ0v) is 17.4. The molecule has 7 heteroatoms. The first-order valence-electron chi connectivity index (χ1n) is 8.42. The number of carbonyl (C=O) groups excluding carboxylic acids is 1. The zero-order valence-electron chi connectivity index (χ0n) is 15.0. The van der Waals surface area contributed by atoms with Crippen molar-refractivity contribution in [2.75, 3.05) is 11.9 Å². The summed E-state index contributed by atoms with van der Waals surface area (Å²) < 4.78 is 31.8. The second-order valence-electron chi connectivity index (χ2n) is 5.82. The van der Waals surface area contributed by atoms with Crippen LogP contribution in [0, 0.1) is 0 Å². The van der Waals surface area contributed by atoms with Gasteiger partial charge in [0.25, 0.3) is 0 Å². The fourth-order valence-corrected chi connectivity index (χ4v) is 5.26. The van der Waals surface area contributed by atoms with Crippen molar-refractivity contribution < 1.29 is 17.9 Å². The Balaban J connectivity index is 2.57. The molecule has 0 aliphatic rings. The average Bonchev–Trinajstić information content (AvgIpc) is 2.68. The third-order valence-electron chi connectivity index (χ3n) is 3.99. The summed E-state index contributed by atoms with van der Waals surface area (Å²) in [5.74, 6) is 0. The maximum atomic E-state index is 13.4. The molecule has 0 saturated heterocycles. The van der Waals surface area contributed by atoms with Crippen molar-refractivity contribution in [2.24, 2.45) is 0 Å². The zero-order chi connectivity index (χ0) is 19.9. The Bertz CT molecular complexity index is 869. The van der Waals surface area contributed by atoms with E-state index in [0.717, 1.165) is 0 Å². The van der Waals surface area contributed by atoms with Crippen LogP contribution in [0.25, 0.3) is 0 Å². The van der Waals surface area contributed by atoms with E-state index in [2.05, 4.69) is 27.8 Å². The van der Waals surface area contributed by atoms with Crippen LogP contribution in [0.15, 0.2) is 77.7 Å². The molecule has 0 aliphatic heterocycles. The predicted octanol–water partition coefficient (Wildman–Crippen LogP) is 4.27. The molecule has 0 radical (unpaired) electrons. The van der Waals surface area contributed by atoms with Crippen LogP contribution >= 0.6 is 15.9 Å². The monoisotopic (exact) mass is 451 g/mol. The molecule has 0 fully saturated rings. The third kappa shape index (κ3) is 5.20. The van der Waals surface area contributed by atoms with E-state index in [1.54, 1.807) is 49.4 Å². The Labute approximate surface area is 168 Å². The fourth-order valence-electron chi connectivity index (χ4n) is 2.76. The molecule has 0 aliphatic carbocycles. The number of hydrogen-bond acceptors (Lipinski definition) is 4. The number of hydrogen-bond donors (Lipinski definition) is 1. The standard InChI is InChI=1S/C20H22BrNO4S/c1-3-26-20(23)22-18(16-10-6-4-7-11-16)19(15(2)14-21)27(24,25)17-12-8-5-9-13-17/h4-13,18-19H,2-3,14H2,1H3,(H,22,23). The summed E-state index contributed by atoms with van der Waals surface area (Å²) in [6.07, 6.45) is -0.679. The number of carbonyl (C=O) groups is 1. The van der Waals surface area contributed by atoms with E-state index in [0.29, 0.717) is 11.1 Å². The summed E-state index contributed by atoms with van der Waals surface area (Å²) in [5, 5.41) is 1.91. The maximum Gasteiger partial charge on any atom is 0.407 e. The molecule has 0 saturated carbocycles. The van der Waals surface area contributed by atoms with E-state index >= 15 is 0 Å². The van der Waals surface area contributed by atoms with E-state index in [-0.39, 0.29) is 16.8 Å². The van der Waals surface area contributed by atoms with Gasteiger partial charge in [-0.1, -0.05) is 71.0 Å². The topological polar surface area (TPSA) is 72.5 Å². The molecule has 0 aromatic heterocycles. The van der Waals surface area contributed by atoms with Crippen molar-refractivity contribution in [1.82, 2.24) is 5.32 Å². The van der Waals surface area contributed by atoms with Crippen LogP contribution in [0.3, 0.4) is 0 Å². The predicted molar refractivity (Wildman–Crippen MR) is 110 cm³/mol. The van der Waals surface area contributed by atoms with Gasteiger partial charge in [-0.3, -0.25) is 0 Å². The van der Waals surface area contributed by atoms with Crippen LogP contribution in [0.4, 0.5) is 4.79 Å². The van der Waals surface area contributed by atoms with Gasteiger partial charge < -0.3 is 10.1 Å². The lowest BCUT2D eigenvalue weighted by atomic mass is 10.00. The molecule has 144 valence electrons. The highest BCUT2D eigenvalue weighted by atomic mass is 79.9. The first-order valence-corrected chi connectivity index (χ1v) is 11.1. The lowest BCUT2D eigenvalue weighted by Gasteiger charge is -2.29. The normalized spacial score (nSPS) is 13.4. The number of alkyl carbamates (subject to hydrolysis) is 1. The minimum absolute atomic E-state index is 0.170. The number of alkyl halides is 1. The quantitative estimate of drug-likeness (QED) is 0.480. The van der Waals surface area contributed by atoms with Crippen molar-refractivity contribution in [3.63, 3.8) is 0 Å². The largest absolute Gasteiger partial charge is 0.450 e. The summed E-state index contributed by atoms with van der Waals surface area (Å²) in [6.45, 7) is 5.82. The Hall–Kier alpha value is -2.12. The van der Waals surface area contributed by atoms with Gasteiger partial charge in [0.2, 0.25) is 0 Å². The number of benzene rings is 2. The summed E-state index contributed by atoms with van der Waals surface area (Å²) in [5.41, 5.74) is 1.08. The fraction of sp³-hybridized carbons (Fsp3) is 0.250. The summed E-state index contributed by atoms with van der Waals surface area (Å²) in [7, 11) is -3.82. The highest BCUT2D eigenvalue weighted by Crippen LogP contribution is 2.32. The second kappa shape index (κ2) is 9.71. The molecular weight excluding hydrogens is 430 g/mol. The van der Waals surface area contributed by atoms with Gasteiger partial charge in [-0.05, 0) is 30.2 Å². The number of sulfone groups is 1. The molecule has 2 aromatic rings. The first kappa shape index (κ1) is 21.2. The van der Waals surface area contributed by atoms with Crippen LogP contribution in [-0.4, -0.2) is 31.7 Å². The molecule has 2 aromatic carbocycles. The van der Waals surface area contributed by atoms with Crippen LogP contribution < -0.4 is 5.32 Å². The van der Waals surface area contributed by atoms with Crippen molar-refractivity contribution >= 4 is 31.9 Å². The van der Waals surface area contributed by atoms with Crippen molar-refractivity contribution in [3.05, 3.63) is 78.4 Å². The maximum absolute atomic E-state index is 13.4. The third-order valence-corrected chi connectivity index (χ3v) is 6.91. The smallest absolute Gasteiger partial charge is 0.407 e. The van der Waals surface area contributed by atoms with Crippen LogP contribution in [0.5, 0.6) is 0 Å². The molecule has 1 amide bonds. The number of ether oxygens (including phenoxy) is 1. The molecular formula is C20H22BrNO4S. The number of amides is 1. The molecule has 27 heavy (non-hydrogen) atoms. The van der Waals surface area contributed by atoms with Crippen LogP contribution in [0.2, 0.25) is 0 Å². The number of halogens is 1. The molecule has 0 bridgehead atoms. The average molecular weight is 452 g/mol. The Morgan fingerprint density at radius 2 is 1.67 bits per heavy atom. The summed E-state index contributed by atoms with van der Waals surface area (Å²) >= 11 is 3.31. The molecule has 1 N–H and O–H groups in total. The van der Waals surface area contributed by atoms with E-state index in [1.165, 1.54) is 12.1 Å². The van der Waals surface area contributed by atoms with Crippen molar-refractivity contribution in [1.29, 1.82) is 0 Å². The molecule has 0 heterocycles. The molecule has 2 atom stereocenters. The summed E-state index contributed by atoms with van der Waals surface area (Å²) in [6, 6.07) is 16.2. The van der Waals surface area contributed by atoms with Gasteiger partial charge in [0.05, 0.1) is 17.5 Å². The van der Waals surface area contributed by atoms with Crippen molar-refractivity contribution in [3.8, 4) is 0 Å². The van der Waals surface area contributed by atoms with Crippen molar-refractivity contribution in [2.45, 2.75) is 23.1 Å². The summed E-state index contributed by atoms with van der Waals surface area (Å²) in [4.78, 5) is 12.3. The highest BCUT2D eigenvalue weighted by Gasteiger charge is 2.38. The first-order chi connectivity index (χ1) is 12.9. The Kier molecular flexibility index (Phi) is 7.62. The van der Waals surface area contributed by atoms with Crippen LogP contribution in [-0.2, 0) is 14.6 Å². The van der Waals surface area contributed by atoms with E-state index < -0.39 is 27.2 Å². The van der Waals surface area contributed by atoms with Gasteiger partial charge >= 0.3 is 6.09 Å². The van der Waals surface area contributed by atoms with Crippen LogP contribution in [0.1, 0.15) is 18.5 Å². The van der Waals surface area contributed by atoms with E-state index in [1.807, 2.05) is 6.07 Å². The van der Waals surface area contributed by atoms with Gasteiger partial charge in [-0.25, -0.2) is 13.2 Å². The van der Waals surface area contributed by atoms with Gasteiger partial charge in [0.15, 0.2) is 9.84 Å². The minimum atomic E-state index is -3.82. The molecule has 2 unspecified atom stereocenters.